The van der Waals surface area contributed by atoms with Crippen molar-refractivity contribution in [3.8, 4) is 0 Å². The summed E-state index contributed by atoms with van der Waals surface area (Å²) >= 11 is 0. The number of carboxylic acid groups (broad SMARTS) is 1. The monoisotopic (exact) mass is 278 g/mol. The second-order valence-corrected chi connectivity index (χ2v) is 5.73. The Balaban J connectivity index is 2.56. The Labute approximate surface area is 119 Å². The lowest BCUT2D eigenvalue weighted by molar-refractivity contribution is 0.0324. The van der Waals surface area contributed by atoms with Gasteiger partial charge in [-0.15, -0.1) is 0 Å². The van der Waals surface area contributed by atoms with E-state index >= 15 is 0 Å². The molecule has 0 aliphatic heterocycles. The first kappa shape index (κ1) is 16.2. The molecule has 0 spiro atoms. The molecule has 110 valence electrons. The number of carbonyl (C=O) groups excluding carboxylic acids is 1. The Morgan fingerprint density at radius 2 is 1.70 bits per heavy atom. The highest BCUT2D eigenvalue weighted by Gasteiger charge is 2.20. The van der Waals surface area contributed by atoms with Crippen molar-refractivity contribution in [3.05, 3.63) is 35.4 Å². The van der Waals surface area contributed by atoms with E-state index in [0.29, 0.717) is 12.2 Å². The average Bonchev–Trinajstić information content (AvgIpc) is 2.43. The van der Waals surface area contributed by atoms with Crippen molar-refractivity contribution in [2.24, 2.45) is 5.41 Å². The third-order valence-corrected chi connectivity index (χ3v) is 3.17. The number of benzene rings is 1. The van der Waals surface area contributed by atoms with Gasteiger partial charge in [-0.3, -0.25) is 0 Å². The van der Waals surface area contributed by atoms with Gasteiger partial charge in [0.15, 0.2) is 0 Å². The van der Waals surface area contributed by atoms with Crippen molar-refractivity contribution in [3.63, 3.8) is 0 Å². The number of ether oxygens (including phenoxy) is 1. The van der Waals surface area contributed by atoms with Crippen LogP contribution in [0.15, 0.2) is 24.3 Å². The number of unbranched alkanes of at least 4 members (excludes halogenated alkanes) is 1. The van der Waals surface area contributed by atoms with Crippen molar-refractivity contribution < 1.29 is 19.4 Å². The van der Waals surface area contributed by atoms with Gasteiger partial charge in [0.25, 0.3) is 0 Å². The molecule has 1 aromatic rings. The minimum absolute atomic E-state index is 0.0350. The van der Waals surface area contributed by atoms with E-state index < -0.39 is 11.9 Å². The highest BCUT2D eigenvalue weighted by molar-refractivity contribution is 5.92. The van der Waals surface area contributed by atoms with Crippen molar-refractivity contribution in [2.45, 2.75) is 40.0 Å². The molecule has 0 saturated carbocycles. The van der Waals surface area contributed by atoms with Crippen LogP contribution >= 0.6 is 0 Å². The van der Waals surface area contributed by atoms with Crippen LogP contribution < -0.4 is 0 Å². The van der Waals surface area contributed by atoms with Gasteiger partial charge in [0.2, 0.25) is 0 Å². The molecule has 20 heavy (non-hydrogen) atoms. The fourth-order valence-electron chi connectivity index (χ4n) is 1.82. The van der Waals surface area contributed by atoms with Gasteiger partial charge in [-0.1, -0.05) is 33.6 Å². The van der Waals surface area contributed by atoms with Crippen LogP contribution in [0.5, 0.6) is 0 Å². The standard InChI is InChI=1S/C16H22O4/c1-4-5-10-16(2,3)11-20-15(19)13-8-6-12(7-9-13)14(17)18/h6-9H,4-5,10-11H2,1-3H3,(H,17,18). The summed E-state index contributed by atoms with van der Waals surface area (Å²) in [6.07, 6.45) is 3.24. The Bertz CT molecular complexity index is 460. The van der Waals surface area contributed by atoms with Crippen LogP contribution in [0.4, 0.5) is 0 Å². The van der Waals surface area contributed by atoms with Gasteiger partial charge in [0.05, 0.1) is 17.7 Å². The number of carbonyl (C=O) groups is 2. The molecule has 1 N–H and O–H groups in total. The molecule has 0 aliphatic carbocycles. The SMILES string of the molecule is CCCCC(C)(C)COC(=O)c1ccc(C(=O)O)cc1. The summed E-state index contributed by atoms with van der Waals surface area (Å²) in [4.78, 5) is 22.6. The molecule has 0 heterocycles. The highest BCUT2D eigenvalue weighted by atomic mass is 16.5. The minimum atomic E-state index is -1.01. The van der Waals surface area contributed by atoms with Crippen LogP contribution in [-0.4, -0.2) is 23.7 Å². The quantitative estimate of drug-likeness (QED) is 0.771. The summed E-state index contributed by atoms with van der Waals surface area (Å²) in [5, 5.41) is 8.79. The summed E-state index contributed by atoms with van der Waals surface area (Å²) in [6, 6.07) is 5.76. The molecule has 1 rings (SSSR count). The second-order valence-electron chi connectivity index (χ2n) is 5.73. The molecular formula is C16H22O4. The molecule has 0 unspecified atom stereocenters. The first-order valence-corrected chi connectivity index (χ1v) is 6.86. The second kappa shape index (κ2) is 7.08. The first-order valence-electron chi connectivity index (χ1n) is 6.86. The summed E-state index contributed by atoms with van der Waals surface area (Å²) < 4.78 is 5.30. The van der Waals surface area contributed by atoms with Gasteiger partial charge in [-0.2, -0.15) is 0 Å². The van der Waals surface area contributed by atoms with E-state index in [1.165, 1.54) is 24.3 Å². The zero-order valence-corrected chi connectivity index (χ0v) is 12.3. The van der Waals surface area contributed by atoms with E-state index in [0.717, 1.165) is 19.3 Å². The van der Waals surface area contributed by atoms with E-state index in [1.54, 1.807) is 0 Å². The Morgan fingerprint density at radius 3 is 2.20 bits per heavy atom. The molecule has 1 aromatic carbocycles. The predicted octanol–water partition coefficient (Wildman–Crippen LogP) is 3.76. The highest BCUT2D eigenvalue weighted by Crippen LogP contribution is 2.24. The van der Waals surface area contributed by atoms with Gasteiger partial charge >= 0.3 is 11.9 Å². The zero-order chi connectivity index (χ0) is 15.2. The predicted molar refractivity (Wildman–Crippen MR) is 77.0 cm³/mol. The van der Waals surface area contributed by atoms with Crippen LogP contribution in [-0.2, 0) is 4.74 Å². The number of esters is 1. The Kier molecular flexibility index (Phi) is 5.74. The maximum Gasteiger partial charge on any atom is 0.338 e. The number of hydrogen-bond acceptors (Lipinski definition) is 3. The Hall–Kier alpha value is -1.84. The molecule has 0 bridgehead atoms. The van der Waals surface area contributed by atoms with E-state index in [-0.39, 0.29) is 11.0 Å². The minimum Gasteiger partial charge on any atom is -0.478 e. The molecule has 0 radical (unpaired) electrons. The van der Waals surface area contributed by atoms with Crippen molar-refractivity contribution in [1.82, 2.24) is 0 Å². The smallest absolute Gasteiger partial charge is 0.338 e. The Morgan fingerprint density at radius 1 is 1.15 bits per heavy atom. The lowest BCUT2D eigenvalue weighted by atomic mass is 9.88. The zero-order valence-electron chi connectivity index (χ0n) is 12.3. The third-order valence-electron chi connectivity index (χ3n) is 3.17. The normalized spacial score (nSPS) is 11.2. The van der Waals surface area contributed by atoms with Gasteiger partial charge in [-0.05, 0) is 36.1 Å². The molecule has 0 fully saturated rings. The summed E-state index contributed by atoms with van der Waals surface area (Å²) in [5.41, 5.74) is 0.498. The molecule has 4 heteroatoms. The largest absolute Gasteiger partial charge is 0.478 e. The van der Waals surface area contributed by atoms with E-state index in [9.17, 15) is 9.59 Å². The van der Waals surface area contributed by atoms with Gasteiger partial charge in [0.1, 0.15) is 0 Å². The maximum atomic E-state index is 11.9. The summed E-state index contributed by atoms with van der Waals surface area (Å²) in [5.74, 6) is -1.42. The lowest BCUT2D eigenvalue weighted by Gasteiger charge is -2.23. The topological polar surface area (TPSA) is 63.6 Å². The van der Waals surface area contributed by atoms with Gasteiger partial charge in [0, 0.05) is 0 Å². The third kappa shape index (κ3) is 5.03. The van der Waals surface area contributed by atoms with Crippen LogP contribution in [0.2, 0.25) is 0 Å². The fourth-order valence-corrected chi connectivity index (χ4v) is 1.82. The van der Waals surface area contributed by atoms with Gasteiger partial charge < -0.3 is 9.84 Å². The maximum absolute atomic E-state index is 11.9. The molecule has 0 saturated heterocycles. The van der Waals surface area contributed by atoms with Crippen LogP contribution in [0.1, 0.15) is 60.7 Å². The van der Waals surface area contributed by atoms with Gasteiger partial charge in [-0.25, -0.2) is 9.59 Å². The van der Waals surface area contributed by atoms with E-state index in [4.69, 9.17) is 9.84 Å². The first-order chi connectivity index (χ1) is 9.35. The summed E-state index contributed by atoms with van der Waals surface area (Å²) in [6.45, 7) is 6.64. The molecule has 0 atom stereocenters. The molecule has 0 aromatic heterocycles. The number of carboxylic acids is 1. The number of hydrogen-bond donors (Lipinski definition) is 1. The van der Waals surface area contributed by atoms with E-state index in [1.807, 2.05) is 0 Å². The lowest BCUT2D eigenvalue weighted by Crippen LogP contribution is -2.22. The molecule has 4 nitrogen and oxygen atoms in total. The van der Waals surface area contributed by atoms with Crippen molar-refractivity contribution in [2.75, 3.05) is 6.61 Å². The molecule has 0 amide bonds. The number of aromatic carboxylic acids is 1. The van der Waals surface area contributed by atoms with E-state index in [2.05, 4.69) is 20.8 Å². The van der Waals surface area contributed by atoms with Crippen molar-refractivity contribution in [1.29, 1.82) is 0 Å². The average molecular weight is 278 g/mol. The van der Waals surface area contributed by atoms with Crippen LogP contribution in [0.25, 0.3) is 0 Å². The molecule has 0 aliphatic rings. The van der Waals surface area contributed by atoms with Crippen molar-refractivity contribution >= 4 is 11.9 Å². The molecular weight excluding hydrogens is 256 g/mol. The van der Waals surface area contributed by atoms with Crippen LogP contribution in [0, 0.1) is 5.41 Å². The van der Waals surface area contributed by atoms with Crippen LogP contribution in [0.3, 0.4) is 0 Å². The summed E-state index contributed by atoms with van der Waals surface area (Å²) in [7, 11) is 0. The number of rotatable bonds is 7. The fraction of sp³-hybridized carbons (Fsp3) is 0.500.